The molecule has 0 spiro atoms. The number of hydrogen-bond donors (Lipinski definition) is 3. The molecule has 2 atom stereocenters. The van der Waals surface area contributed by atoms with Gasteiger partial charge in [0.2, 0.25) is 5.91 Å². The quantitative estimate of drug-likeness (QED) is 0.296. The van der Waals surface area contributed by atoms with Gasteiger partial charge in [-0.05, 0) is 37.0 Å². The molecule has 1 aliphatic rings. The Bertz CT molecular complexity index is 823. The van der Waals surface area contributed by atoms with Crippen molar-refractivity contribution in [3.63, 3.8) is 0 Å². The smallest absolute Gasteiger partial charge is 0.261 e. The first-order chi connectivity index (χ1) is 14.2. The van der Waals surface area contributed by atoms with Gasteiger partial charge in [0, 0.05) is 33.8 Å². The molecular formula is C19H28FN3O4S3. The van der Waals surface area contributed by atoms with Crippen molar-refractivity contribution in [2.75, 3.05) is 30.9 Å². The van der Waals surface area contributed by atoms with Crippen LogP contribution in [0.5, 0.6) is 0 Å². The average molecular weight is 478 g/mol. The number of rotatable bonds is 8. The third kappa shape index (κ3) is 11.2. The minimum Gasteiger partial charge on any atom is -0.343 e. The van der Waals surface area contributed by atoms with Crippen LogP contribution in [-0.2, 0) is 14.9 Å². The maximum absolute atomic E-state index is 14.1. The highest BCUT2D eigenvalue weighted by Gasteiger charge is 2.30. The zero-order valence-corrected chi connectivity index (χ0v) is 19.3. The zero-order chi connectivity index (χ0) is 22.6. The second-order valence-electron chi connectivity index (χ2n) is 6.80. The number of nitriles is 1. The third-order valence-corrected chi connectivity index (χ3v) is 6.59. The van der Waals surface area contributed by atoms with Crippen molar-refractivity contribution in [3.8, 4) is 6.07 Å². The van der Waals surface area contributed by atoms with E-state index < -0.39 is 10.1 Å². The van der Waals surface area contributed by atoms with Crippen LogP contribution in [0.15, 0.2) is 28.0 Å². The molecule has 11 heteroatoms. The van der Waals surface area contributed by atoms with E-state index in [1.165, 1.54) is 11.8 Å². The average Bonchev–Trinajstić information content (AvgIpc) is 2.68. The molecule has 2 rings (SSSR count). The summed E-state index contributed by atoms with van der Waals surface area (Å²) in [4.78, 5) is 13.7. The molecule has 0 heterocycles. The molecule has 0 radical (unpaired) electrons. The summed E-state index contributed by atoms with van der Waals surface area (Å²) in [5.41, 5.74) is 5.46. The molecule has 30 heavy (non-hydrogen) atoms. The van der Waals surface area contributed by atoms with Gasteiger partial charge in [-0.15, -0.1) is 23.5 Å². The summed E-state index contributed by atoms with van der Waals surface area (Å²) in [6.45, 7) is 0.583. The van der Waals surface area contributed by atoms with Crippen molar-refractivity contribution in [3.05, 3.63) is 24.0 Å². The maximum atomic E-state index is 14.1. The number of amides is 1. The molecule has 1 aromatic rings. The summed E-state index contributed by atoms with van der Waals surface area (Å²) in [7, 11) is -3.67. The number of carbonyl (C=O) groups excluding carboxylic acids is 1. The second-order valence-corrected chi connectivity index (χ2v) is 10.5. The van der Waals surface area contributed by atoms with Crippen molar-refractivity contribution in [1.82, 2.24) is 5.32 Å². The number of carbonyl (C=O) groups is 1. The molecule has 1 aliphatic carbocycles. The summed E-state index contributed by atoms with van der Waals surface area (Å²) in [6, 6.07) is 7.25. The zero-order valence-electron chi connectivity index (χ0n) is 16.8. The lowest BCUT2D eigenvalue weighted by atomic mass is 9.80. The minimum atomic E-state index is -3.67. The standard InChI is InChI=1S/C18H24FN3OS2.CH4O3S/c19-16-11-14(5-6-17(16)24-10-8-21)25-12-13-3-1-2-4-15(13)18(23)22-9-7-20;1-5(2,3)4/h5-6,11,13,15H,1-4,8-10,12,21H2,(H,22,23);1H3,(H,2,3,4). The predicted molar refractivity (Wildman–Crippen MR) is 118 cm³/mol. The van der Waals surface area contributed by atoms with Crippen molar-refractivity contribution in [2.45, 2.75) is 35.5 Å². The Morgan fingerprint density at radius 3 is 2.63 bits per heavy atom. The number of nitrogens with two attached hydrogens (primary N) is 1. The SMILES string of the molecule is CS(=O)(=O)O.N#CCNC(=O)C1CCCCC1CSc1ccc(SCCN)c(F)c1. The number of benzene rings is 1. The van der Waals surface area contributed by atoms with Crippen LogP contribution in [0, 0.1) is 29.0 Å². The lowest BCUT2D eigenvalue weighted by molar-refractivity contribution is -0.127. The lowest BCUT2D eigenvalue weighted by Gasteiger charge is -2.30. The van der Waals surface area contributed by atoms with E-state index in [1.807, 2.05) is 12.1 Å². The van der Waals surface area contributed by atoms with Gasteiger partial charge < -0.3 is 11.1 Å². The number of hydrogen-bond acceptors (Lipinski definition) is 7. The van der Waals surface area contributed by atoms with E-state index in [0.29, 0.717) is 23.4 Å². The van der Waals surface area contributed by atoms with Gasteiger partial charge in [-0.1, -0.05) is 12.8 Å². The van der Waals surface area contributed by atoms with E-state index in [4.69, 9.17) is 15.5 Å². The van der Waals surface area contributed by atoms with Crippen molar-refractivity contribution < 1.29 is 22.2 Å². The van der Waals surface area contributed by atoms with Gasteiger partial charge in [0.1, 0.15) is 12.4 Å². The third-order valence-electron chi connectivity index (χ3n) is 4.33. The second kappa shape index (κ2) is 13.9. The molecule has 0 saturated heterocycles. The van der Waals surface area contributed by atoms with Crippen molar-refractivity contribution in [2.24, 2.45) is 17.6 Å². The lowest BCUT2D eigenvalue weighted by Crippen LogP contribution is -2.37. The molecule has 0 bridgehead atoms. The summed E-state index contributed by atoms with van der Waals surface area (Å²) in [5, 5.41) is 11.3. The summed E-state index contributed by atoms with van der Waals surface area (Å²) < 4.78 is 40.0. The number of halogens is 1. The van der Waals surface area contributed by atoms with Crippen LogP contribution in [0.1, 0.15) is 25.7 Å². The summed E-state index contributed by atoms with van der Waals surface area (Å²) in [5.74, 6) is 1.48. The van der Waals surface area contributed by atoms with E-state index in [1.54, 1.807) is 23.9 Å². The van der Waals surface area contributed by atoms with E-state index >= 15 is 0 Å². The molecule has 7 nitrogen and oxygen atoms in total. The molecule has 1 fully saturated rings. The van der Waals surface area contributed by atoms with E-state index in [9.17, 15) is 17.6 Å². The molecular weight excluding hydrogens is 449 g/mol. The van der Waals surface area contributed by atoms with Gasteiger partial charge in [-0.2, -0.15) is 13.7 Å². The summed E-state index contributed by atoms with van der Waals surface area (Å²) in [6.07, 6.45) is 4.76. The van der Waals surface area contributed by atoms with Gasteiger partial charge in [0.15, 0.2) is 0 Å². The molecule has 4 N–H and O–H groups in total. The highest BCUT2D eigenvalue weighted by molar-refractivity contribution is 7.99. The molecule has 1 aromatic carbocycles. The van der Waals surface area contributed by atoms with E-state index in [-0.39, 0.29) is 30.1 Å². The Labute approximate surface area is 186 Å². The molecule has 0 aliphatic heterocycles. The number of thioether (sulfide) groups is 2. The Morgan fingerprint density at radius 1 is 1.37 bits per heavy atom. The first-order valence-electron chi connectivity index (χ1n) is 9.48. The molecule has 1 amide bonds. The number of nitrogens with zero attached hydrogens (tertiary/aromatic N) is 1. The Morgan fingerprint density at radius 2 is 2.03 bits per heavy atom. The van der Waals surface area contributed by atoms with Gasteiger partial charge in [-0.25, -0.2) is 4.39 Å². The minimum absolute atomic E-state index is 0.0217. The normalized spacial score (nSPS) is 18.6. The van der Waals surface area contributed by atoms with Crippen LogP contribution in [0.2, 0.25) is 0 Å². The Kier molecular flexibility index (Phi) is 12.4. The van der Waals surface area contributed by atoms with Gasteiger partial charge in [-0.3, -0.25) is 9.35 Å². The Hall–Kier alpha value is -1.32. The maximum Gasteiger partial charge on any atom is 0.261 e. The van der Waals surface area contributed by atoms with Crippen LogP contribution in [-0.4, -0.2) is 49.7 Å². The first kappa shape index (κ1) is 26.7. The molecule has 2 unspecified atom stereocenters. The number of nitrogens with one attached hydrogen (secondary N) is 1. The Balaban J connectivity index is 0.000000804. The fourth-order valence-electron chi connectivity index (χ4n) is 3.07. The fourth-order valence-corrected chi connectivity index (χ4v) is 4.93. The molecule has 1 saturated carbocycles. The monoisotopic (exact) mass is 477 g/mol. The van der Waals surface area contributed by atoms with Gasteiger partial charge in [0.05, 0.1) is 12.3 Å². The fraction of sp³-hybridized carbons (Fsp3) is 0.579. The van der Waals surface area contributed by atoms with E-state index in [0.717, 1.165) is 36.3 Å². The van der Waals surface area contributed by atoms with Crippen LogP contribution < -0.4 is 11.1 Å². The topological polar surface area (TPSA) is 133 Å². The largest absolute Gasteiger partial charge is 0.343 e. The first-order valence-corrected chi connectivity index (χ1v) is 13.3. The van der Waals surface area contributed by atoms with Gasteiger partial charge >= 0.3 is 0 Å². The van der Waals surface area contributed by atoms with Crippen LogP contribution in [0.3, 0.4) is 0 Å². The van der Waals surface area contributed by atoms with Crippen molar-refractivity contribution >= 4 is 39.5 Å². The van der Waals surface area contributed by atoms with Crippen LogP contribution >= 0.6 is 23.5 Å². The predicted octanol–water partition coefficient (Wildman–Crippen LogP) is 2.92. The van der Waals surface area contributed by atoms with E-state index in [2.05, 4.69) is 5.32 Å². The van der Waals surface area contributed by atoms with Crippen LogP contribution in [0.25, 0.3) is 0 Å². The summed E-state index contributed by atoms with van der Waals surface area (Å²) >= 11 is 3.02. The van der Waals surface area contributed by atoms with Crippen LogP contribution in [0.4, 0.5) is 4.39 Å². The molecule has 168 valence electrons. The van der Waals surface area contributed by atoms with Gasteiger partial charge in [0.25, 0.3) is 10.1 Å². The highest BCUT2D eigenvalue weighted by Crippen LogP contribution is 2.35. The molecule has 0 aromatic heterocycles. The highest BCUT2D eigenvalue weighted by atomic mass is 32.2. The van der Waals surface area contributed by atoms with Crippen molar-refractivity contribution in [1.29, 1.82) is 5.26 Å².